The lowest BCUT2D eigenvalue weighted by molar-refractivity contribution is 0.0954. The van der Waals surface area contributed by atoms with E-state index in [0.717, 1.165) is 11.8 Å². The SMILES string of the molecule is COc1ccc(OC)c(CNC(=O)c2sc(Nc3ccc(F)cn3)nc2C)c1. The Kier molecular flexibility index (Phi) is 6.05. The van der Waals surface area contributed by atoms with Gasteiger partial charge in [0.2, 0.25) is 0 Å². The molecule has 0 spiro atoms. The second kappa shape index (κ2) is 8.66. The number of carbonyl (C=O) groups excluding carboxylic acids is 1. The number of thiazole rings is 1. The first-order valence-electron chi connectivity index (χ1n) is 8.35. The van der Waals surface area contributed by atoms with Crippen molar-refractivity contribution in [2.24, 2.45) is 0 Å². The van der Waals surface area contributed by atoms with Crippen molar-refractivity contribution in [2.75, 3.05) is 19.5 Å². The number of methoxy groups -OCH3 is 2. The highest BCUT2D eigenvalue weighted by atomic mass is 32.1. The van der Waals surface area contributed by atoms with Gasteiger partial charge in [-0.1, -0.05) is 11.3 Å². The van der Waals surface area contributed by atoms with Crippen LogP contribution < -0.4 is 20.1 Å². The van der Waals surface area contributed by atoms with Crippen LogP contribution in [0.3, 0.4) is 0 Å². The molecule has 9 heteroatoms. The number of rotatable bonds is 7. The maximum atomic E-state index is 13.0. The number of nitrogens with one attached hydrogen (secondary N) is 2. The van der Waals surface area contributed by atoms with Gasteiger partial charge in [0, 0.05) is 12.1 Å². The Labute approximate surface area is 165 Å². The zero-order chi connectivity index (χ0) is 20.1. The normalized spacial score (nSPS) is 10.4. The van der Waals surface area contributed by atoms with Crippen molar-refractivity contribution in [3.63, 3.8) is 0 Å². The molecule has 7 nitrogen and oxygen atoms in total. The van der Waals surface area contributed by atoms with E-state index in [4.69, 9.17) is 9.47 Å². The van der Waals surface area contributed by atoms with Crippen molar-refractivity contribution in [3.8, 4) is 11.5 Å². The lowest BCUT2D eigenvalue weighted by Crippen LogP contribution is -2.22. The summed E-state index contributed by atoms with van der Waals surface area (Å²) in [6.45, 7) is 2.03. The third-order valence-electron chi connectivity index (χ3n) is 3.89. The van der Waals surface area contributed by atoms with Crippen LogP contribution in [-0.4, -0.2) is 30.1 Å². The summed E-state index contributed by atoms with van der Waals surface area (Å²) >= 11 is 1.20. The number of halogens is 1. The minimum absolute atomic E-state index is 0.250. The van der Waals surface area contributed by atoms with E-state index in [9.17, 15) is 9.18 Å². The first-order chi connectivity index (χ1) is 13.5. The monoisotopic (exact) mass is 402 g/mol. The van der Waals surface area contributed by atoms with Crippen molar-refractivity contribution in [1.82, 2.24) is 15.3 Å². The van der Waals surface area contributed by atoms with Crippen LogP contribution in [0.4, 0.5) is 15.3 Å². The summed E-state index contributed by atoms with van der Waals surface area (Å²) in [5.74, 6) is 1.11. The smallest absolute Gasteiger partial charge is 0.263 e. The van der Waals surface area contributed by atoms with Crippen molar-refractivity contribution in [1.29, 1.82) is 0 Å². The highest BCUT2D eigenvalue weighted by molar-refractivity contribution is 7.17. The summed E-state index contributed by atoms with van der Waals surface area (Å²) in [4.78, 5) is 21.3. The molecule has 3 aromatic rings. The molecular formula is C19H19FN4O3S. The largest absolute Gasteiger partial charge is 0.497 e. The number of pyridine rings is 1. The molecule has 0 saturated carbocycles. The van der Waals surface area contributed by atoms with Crippen LogP contribution in [0.2, 0.25) is 0 Å². The van der Waals surface area contributed by atoms with Crippen LogP contribution in [-0.2, 0) is 6.54 Å². The fourth-order valence-corrected chi connectivity index (χ4v) is 3.39. The average Bonchev–Trinajstić information content (AvgIpc) is 3.07. The highest BCUT2D eigenvalue weighted by Gasteiger charge is 2.16. The van der Waals surface area contributed by atoms with Gasteiger partial charge in [0.05, 0.1) is 26.1 Å². The first-order valence-corrected chi connectivity index (χ1v) is 9.17. The topological polar surface area (TPSA) is 85.4 Å². The third-order valence-corrected chi connectivity index (χ3v) is 4.96. The summed E-state index contributed by atoms with van der Waals surface area (Å²) in [5, 5.41) is 6.34. The lowest BCUT2D eigenvalue weighted by Gasteiger charge is -2.11. The Balaban J connectivity index is 1.69. The number of aromatic nitrogens is 2. The molecule has 1 amide bonds. The molecule has 28 heavy (non-hydrogen) atoms. The van der Waals surface area contributed by atoms with Gasteiger partial charge in [0.1, 0.15) is 28.0 Å². The highest BCUT2D eigenvalue weighted by Crippen LogP contribution is 2.26. The van der Waals surface area contributed by atoms with Crippen LogP contribution in [0.5, 0.6) is 11.5 Å². The predicted molar refractivity (Wildman–Crippen MR) is 105 cm³/mol. The van der Waals surface area contributed by atoms with Crippen molar-refractivity contribution >= 4 is 28.2 Å². The molecule has 0 radical (unpaired) electrons. The first kappa shape index (κ1) is 19.6. The summed E-state index contributed by atoms with van der Waals surface area (Å²) in [5.41, 5.74) is 1.39. The number of carbonyl (C=O) groups is 1. The lowest BCUT2D eigenvalue weighted by atomic mass is 10.2. The van der Waals surface area contributed by atoms with E-state index >= 15 is 0 Å². The van der Waals surface area contributed by atoms with Crippen molar-refractivity contribution in [3.05, 3.63) is 58.5 Å². The molecule has 1 aromatic carbocycles. The zero-order valence-corrected chi connectivity index (χ0v) is 16.4. The van der Waals surface area contributed by atoms with Gasteiger partial charge in [0.25, 0.3) is 5.91 Å². The molecule has 2 heterocycles. The molecule has 3 rings (SSSR count). The third kappa shape index (κ3) is 4.55. The molecule has 0 fully saturated rings. The van der Waals surface area contributed by atoms with Gasteiger partial charge in [-0.3, -0.25) is 4.79 Å². The van der Waals surface area contributed by atoms with Crippen LogP contribution >= 0.6 is 11.3 Å². The van der Waals surface area contributed by atoms with E-state index in [-0.39, 0.29) is 12.5 Å². The summed E-state index contributed by atoms with van der Waals surface area (Å²) in [7, 11) is 3.15. The Morgan fingerprint density at radius 3 is 2.71 bits per heavy atom. The van der Waals surface area contributed by atoms with E-state index < -0.39 is 5.82 Å². The van der Waals surface area contributed by atoms with Crippen LogP contribution in [0.25, 0.3) is 0 Å². The van der Waals surface area contributed by atoms with Gasteiger partial charge in [-0.2, -0.15) is 0 Å². The van der Waals surface area contributed by atoms with Gasteiger partial charge in [-0.25, -0.2) is 14.4 Å². The molecule has 0 aliphatic heterocycles. The molecule has 2 N–H and O–H groups in total. The second-order valence-electron chi connectivity index (χ2n) is 5.78. The van der Waals surface area contributed by atoms with Gasteiger partial charge in [-0.15, -0.1) is 0 Å². The molecular weight excluding hydrogens is 383 g/mol. The second-order valence-corrected chi connectivity index (χ2v) is 6.78. The number of hydrogen-bond acceptors (Lipinski definition) is 7. The molecule has 0 aliphatic rings. The molecule has 0 atom stereocenters. The number of anilines is 2. The van der Waals surface area contributed by atoms with E-state index in [1.54, 1.807) is 33.3 Å². The summed E-state index contributed by atoms with van der Waals surface area (Å²) < 4.78 is 23.5. The Morgan fingerprint density at radius 1 is 1.21 bits per heavy atom. The van der Waals surface area contributed by atoms with Crippen molar-refractivity contribution in [2.45, 2.75) is 13.5 Å². The number of amides is 1. The quantitative estimate of drug-likeness (QED) is 0.627. The molecule has 146 valence electrons. The number of nitrogens with zero attached hydrogens (tertiary/aromatic N) is 2. The van der Waals surface area contributed by atoms with E-state index in [2.05, 4.69) is 20.6 Å². The van der Waals surface area contributed by atoms with E-state index in [0.29, 0.717) is 33.0 Å². The zero-order valence-electron chi connectivity index (χ0n) is 15.6. The van der Waals surface area contributed by atoms with Crippen LogP contribution in [0.1, 0.15) is 20.9 Å². The fraction of sp³-hybridized carbons (Fsp3) is 0.211. The van der Waals surface area contributed by atoms with Gasteiger partial charge < -0.3 is 20.1 Å². The maximum absolute atomic E-state index is 13.0. The average molecular weight is 402 g/mol. The van der Waals surface area contributed by atoms with Crippen molar-refractivity contribution < 1.29 is 18.7 Å². The van der Waals surface area contributed by atoms with Crippen LogP contribution in [0, 0.1) is 12.7 Å². The minimum atomic E-state index is -0.422. The van der Waals surface area contributed by atoms with Crippen LogP contribution in [0.15, 0.2) is 36.5 Å². The standard InChI is InChI=1S/C19H19FN4O3S/c1-11-17(28-19(23-11)24-16-7-4-13(20)10-21-16)18(25)22-9-12-8-14(26-2)5-6-15(12)27-3/h4-8,10H,9H2,1-3H3,(H,22,25)(H,21,23,24). The molecule has 0 bridgehead atoms. The Morgan fingerprint density at radius 2 is 2.04 bits per heavy atom. The number of hydrogen-bond donors (Lipinski definition) is 2. The maximum Gasteiger partial charge on any atom is 0.263 e. The van der Waals surface area contributed by atoms with Gasteiger partial charge in [-0.05, 0) is 37.3 Å². The Bertz CT molecular complexity index is 976. The molecule has 0 aliphatic carbocycles. The summed E-state index contributed by atoms with van der Waals surface area (Å²) in [6, 6.07) is 8.19. The van der Waals surface area contributed by atoms with Gasteiger partial charge in [0.15, 0.2) is 5.13 Å². The minimum Gasteiger partial charge on any atom is -0.497 e. The Hall–Kier alpha value is -3.20. The fourth-order valence-electron chi connectivity index (χ4n) is 2.50. The van der Waals surface area contributed by atoms with Gasteiger partial charge >= 0.3 is 0 Å². The molecule has 0 unspecified atom stereocenters. The number of aryl methyl sites for hydroxylation is 1. The van der Waals surface area contributed by atoms with E-state index in [1.807, 2.05) is 6.07 Å². The number of ether oxygens (including phenoxy) is 2. The molecule has 0 saturated heterocycles. The van der Waals surface area contributed by atoms with E-state index in [1.165, 1.54) is 23.5 Å². The summed E-state index contributed by atoms with van der Waals surface area (Å²) in [6.07, 6.45) is 1.11. The number of benzene rings is 1. The predicted octanol–water partition coefficient (Wildman–Crippen LogP) is 3.68. The molecule has 2 aromatic heterocycles.